The van der Waals surface area contributed by atoms with Crippen LogP contribution in [0.2, 0.25) is 0 Å². The molecule has 0 aliphatic rings. The average molecular weight is 332 g/mol. The molecule has 2 rings (SSSR count). The summed E-state index contributed by atoms with van der Waals surface area (Å²) in [6.07, 6.45) is 0.591. The molecule has 0 bridgehead atoms. The molecular weight excluding hydrogens is 310 g/mol. The quantitative estimate of drug-likeness (QED) is 0.551. The zero-order valence-corrected chi connectivity index (χ0v) is 14.2. The van der Waals surface area contributed by atoms with Crippen LogP contribution in [0.5, 0.6) is 0 Å². The van der Waals surface area contributed by atoms with Crippen LogP contribution in [0.3, 0.4) is 0 Å². The van der Waals surface area contributed by atoms with Crippen molar-refractivity contribution in [1.29, 1.82) is 0 Å². The Bertz CT molecular complexity index is 496. The first-order chi connectivity index (χ1) is 10.8. The maximum atomic E-state index is 11.7. The van der Waals surface area contributed by atoms with Gasteiger partial charge < -0.3 is 5.32 Å². The van der Waals surface area contributed by atoms with Crippen LogP contribution < -0.4 is 5.32 Å². The highest BCUT2D eigenvalue weighted by Gasteiger charge is 2.01. The van der Waals surface area contributed by atoms with E-state index in [0.29, 0.717) is 6.42 Å². The maximum Gasteiger partial charge on any atom is 0.220 e. The second-order valence-corrected chi connectivity index (χ2v) is 7.07. The molecule has 2 aromatic rings. The van der Waals surface area contributed by atoms with E-state index in [1.807, 2.05) is 36.4 Å². The fourth-order valence-corrected chi connectivity index (χ4v) is 3.59. The third-order valence-electron chi connectivity index (χ3n) is 3.02. The summed E-state index contributed by atoms with van der Waals surface area (Å²) in [5, 5.41) is 2.98. The fraction of sp³-hybridized carbons (Fsp3) is 0.278. The van der Waals surface area contributed by atoms with Gasteiger partial charge in [-0.1, -0.05) is 48.5 Å². The molecule has 0 aliphatic carbocycles. The zero-order chi connectivity index (χ0) is 15.5. The molecule has 4 heteroatoms. The lowest BCUT2D eigenvalue weighted by molar-refractivity contribution is -0.120. The lowest BCUT2D eigenvalue weighted by Crippen LogP contribution is -2.25. The summed E-state index contributed by atoms with van der Waals surface area (Å²) in [5.74, 6) is 2.89. The van der Waals surface area contributed by atoms with Crippen molar-refractivity contribution < 1.29 is 4.79 Å². The van der Waals surface area contributed by atoms with E-state index in [-0.39, 0.29) is 5.91 Å². The molecule has 0 heterocycles. The summed E-state index contributed by atoms with van der Waals surface area (Å²) in [5.41, 5.74) is 1.31. The highest BCUT2D eigenvalue weighted by atomic mass is 32.2. The predicted molar refractivity (Wildman–Crippen MR) is 97.4 cm³/mol. The molecule has 1 N–H and O–H groups in total. The lowest BCUT2D eigenvalue weighted by atomic mass is 10.2. The highest BCUT2D eigenvalue weighted by Crippen LogP contribution is 2.16. The topological polar surface area (TPSA) is 29.1 Å². The van der Waals surface area contributed by atoms with Gasteiger partial charge in [0.15, 0.2) is 0 Å². The van der Waals surface area contributed by atoms with Gasteiger partial charge in [0, 0.05) is 35.1 Å². The summed E-state index contributed by atoms with van der Waals surface area (Å²) in [6, 6.07) is 20.6. The summed E-state index contributed by atoms with van der Waals surface area (Å²) < 4.78 is 0. The van der Waals surface area contributed by atoms with E-state index in [0.717, 1.165) is 23.8 Å². The Morgan fingerprint density at radius 2 is 1.59 bits per heavy atom. The van der Waals surface area contributed by atoms with Crippen LogP contribution in [0, 0.1) is 0 Å². The second-order valence-electron chi connectivity index (χ2n) is 4.80. The minimum absolute atomic E-state index is 0.147. The number of thioether (sulfide) groups is 2. The maximum absolute atomic E-state index is 11.7. The molecule has 0 saturated heterocycles. The van der Waals surface area contributed by atoms with E-state index < -0.39 is 0 Å². The van der Waals surface area contributed by atoms with Crippen LogP contribution >= 0.6 is 23.5 Å². The van der Waals surface area contributed by atoms with Crippen molar-refractivity contribution in [2.24, 2.45) is 0 Å². The summed E-state index contributed by atoms with van der Waals surface area (Å²) >= 11 is 3.57. The van der Waals surface area contributed by atoms with Gasteiger partial charge in [0.25, 0.3) is 0 Å². The monoisotopic (exact) mass is 331 g/mol. The van der Waals surface area contributed by atoms with Gasteiger partial charge in [-0.15, -0.1) is 11.8 Å². The molecule has 2 nitrogen and oxygen atoms in total. The molecule has 0 radical (unpaired) electrons. The van der Waals surface area contributed by atoms with Gasteiger partial charge in [0.2, 0.25) is 5.91 Å². The third kappa shape index (κ3) is 7.05. The Morgan fingerprint density at radius 3 is 2.32 bits per heavy atom. The standard InChI is InChI=1S/C18H21NOS2/c20-18(11-13-21-15-16-7-3-1-4-8-16)19-12-14-22-17-9-5-2-6-10-17/h1-10H,11-15H2,(H,19,20). The van der Waals surface area contributed by atoms with Crippen molar-refractivity contribution in [3.8, 4) is 0 Å². The Hall–Kier alpha value is -1.39. The number of benzene rings is 2. The van der Waals surface area contributed by atoms with E-state index in [9.17, 15) is 4.79 Å². The van der Waals surface area contributed by atoms with E-state index >= 15 is 0 Å². The van der Waals surface area contributed by atoms with Crippen LogP contribution in [0.4, 0.5) is 0 Å². The van der Waals surface area contributed by atoms with Gasteiger partial charge in [-0.2, -0.15) is 11.8 Å². The predicted octanol–water partition coefficient (Wildman–Crippen LogP) is 4.22. The number of nitrogens with one attached hydrogen (secondary N) is 1. The fourth-order valence-electron chi connectivity index (χ4n) is 1.89. The van der Waals surface area contributed by atoms with Crippen molar-refractivity contribution >= 4 is 29.4 Å². The smallest absolute Gasteiger partial charge is 0.220 e. The van der Waals surface area contributed by atoms with Crippen LogP contribution in [-0.4, -0.2) is 24.0 Å². The first-order valence-electron chi connectivity index (χ1n) is 7.41. The second kappa shape index (κ2) is 10.4. The largest absolute Gasteiger partial charge is 0.355 e. The Balaban J connectivity index is 1.49. The molecule has 0 spiro atoms. The Kier molecular flexibility index (Phi) is 7.99. The Morgan fingerprint density at radius 1 is 0.909 bits per heavy atom. The molecule has 0 aromatic heterocycles. The van der Waals surface area contributed by atoms with Crippen molar-refractivity contribution in [3.63, 3.8) is 0 Å². The van der Waals surface area contributed by atoms with Crippen LogP contribution in [0.15, 0.2) is 65.6 Å². The summed E-state index contributed by atoms with van der Waals surface area (Å²) in [7, 11) is 0. The van der Waals surface area contributed by atoms with Gasteiger partial charge in [0.05, 0.1) is 0 Å². The summed E-state index contributed by atoms with van der Waals surface area (Å²) in [6.45, 7) is 0.724. The highest BCUT2D eigenvalue weighted by molar-refractivity contribution is 7.99. The number of hydrogen-bond acceptors (Lipinski definition) is 3. The number of rotatable bonds is 9. The van der Waals surface area contributed by atoms with Crippen LogP contribution in [-0.2, 0) is 10.5 Å². The van der Waals surface area contributed by atoms with Gasteiger partial charge in [-0.25, -0.2) is 0 Å². The van der Waals surface area contributed by atoms with Crippen molar-refractivity contribution in [1.82, 2.24) is 5.32 Å². The normalized spacial score (nSPS) is 10.4. The third-order valence-corrected chi connectivity index (χ3v) is 5.07. The van der Waals surface area contributed by atoms with Gasteiger partial charge >= 0.3 is 0 Å². The van der Waals surface area contributed by atoms with E-state index in [4.69, 9.17) is 0 Å². The molecule has 2 aromatic carbocycles. The van der Waals surface area contributed by atoms with E-state index in [1.54, 1.807) is 23.5 Å². The molecule has 116 valence electrons. The number of carbonyl (C=O) groups excluding carboxylic acids is 1. The first kappa shape index (κ1) is 17.0. The van der Waals surface area contributed by atoms with Crippen molar-refractivity contribution in [2.45, 2.75) is 17.1 Å². The van der Waals surface area contributed by atoms with Crippen molar-refractivity contribution in [2.75, 3.05) is 18.1 Å². The van der Waals surface area contributed by atoms with Gasteiger partial charge in [-0.05, 0) is 17.7 Å². The zero-order valence-electron chi connectivity index (χ0n) is 12.5. The minimum Gasteiger partial charge on any atom is -0.355 e. The molecule has 0 saturated carbocycles. The number of hydrogen-bond donors (Lipinski definition) is 1. The van der Waals surface area contributed by atoms with Crippen molar-refractivity contribution in [3.05, 3.63) is 66.2 Å². The molecule has 0 atom stereocenters. The first-order valence-corrected chi connectivity index (χ1v) is 9.55. The van der Waals surface area contributed by atoms with Crippen LogP contribution in [0.1, 0.15) is 12.0 Å². The van der Waals surface area contributed by atoms with E-state index in [2.05, 4.69) is 29.6 Å². The van der Waals surface area contributed by atoms with E-state index in [1.165, 1.54) is 10.5 Å². The van der Waals surface area contributed by atoms with Gasteiger partial charge in [0.1, 0.15) is 0 Å². The molecule has 0 fully saturated rings. The average Bonchev–Trinajstić information content (AvgIpc) is 2.57. The Labute approximate surface area is 141 Å². The lowest BCUT2D eigenvalue weighted by Gasteiger charge is -2.05. The molecule has 22 heavy (non-hydrogen) atoms. The number of amides is 1. The molecule has 0 unspecified atom stereocenters. The van der Waals surface area contributed by atoms with Gasteiger partial charge in [-0.3, -0.25) is 4.79 Å². The number of carbonyl (C=O) groups is 1. The minimum atomic E-state index is 0.147. The molecule has 1 amide bonds. The molecule has 0 aliphatic heterocycles. The SMILES string of the molecule is O=C(CCSCc1ccccc1)NCCSc1ccccc1. The summed E-state index contributed by atoms with van der Waals surface area (Å²) in [4.78, 5) is 13.0. The van der Waals surface area contributed by atoms with Crippen LogP contribution in [0.25, 0.3) is 0 Å². The molecular formula is C18H21NOS2.